The third-order valence-corrected chi connectivity index (χ3v) is 6.12. The fraction of sp³-hybridized carbons (Fsp3) is 0.545. The van der Waals surface area contributed by atoms with Gasteiger partial charge in [0.2, 0.25) is 5.91 Å². The number of fused-ring (bicyclic) bond motifs is 1. The summed E-state index contributed by atoms with van der Waals surface area (Å²) in [6.45, 7) is 3.69. The van der Waals surface area contributed by atoms with E-state index in [0.29, 0.717) is 25.1 Å². The fourth-order valence-corrected chi connectivity index (χ4v) is 4.33. The highest BCUT2D eigenvalue weighted by atomic mass is 16.6. The van der Waals surface area contributed by atoms with Crippen LogP contribution in [0.5, 0.6) is 0 Å². The maximum atomic E-state index is 12.6. The Morgan fingerprint density at radius 3 is 2.62 bits per heavy atom. The van der Waals surface area contributed by atoms with Crippen LogP contribution in [0.4, 0.5) is 4.79 Å². The number of rotatable bonds is 6. The molecule has 2 fully saturated rings. The Morgan fingerprint density at radius 2 is 1.90 bits per heavy atom. The smallest absolute Gasteiger partial charge is 0.409 e. The Labute approximate surface area is 171 Å². The highest BCUT2D eigenvalue weighted by Gasteiger charge is 2.34. The zero-order chi connectivity index (χ0) is 20.2. The number of aromatic amines is 1. The van der Waals surface area contributed by atoms with E-state index in [1.54, 1.807) is 4.90 Å². The number of ether oxygens (including phenoxy) is 1. The van der Waals surface area contributed by atoms with Crippen LogP contribution in [-0.2, 0) is 16.0 Å². The lowest BCUT2D eigenvalue weighted by Crippen LogP contribution is -2.60. The Balaban J connectivity index is 1.23. The summed E-state index contributed by atoms with van der Waals surface area (Å²) in [5.41, 5.74) is 2.10. The molecule has 0 spiro atoms. The molecule has 0 unspecified atom stereocenters. The molecule has 7 heteroatoms. The summed E-state index contributed by atoms with van der Waals surface area (Å²) < 4.78 is 5.08. The lowest BCUT2D eigenvalue weighted by Gasteiger charge is -2.42. The van der Waals surface area contributed by atoms with Gasteiger partial charge in [-0.05, 0) is 44.2 Å². The molecule has 2 aromatic rings. The van der Waals surface area contributed by atoms with Crippen molar-refractivity contribution in [2.24, 2.45) is 0 Å². The third-order valence-electron chi connectivity index (χ3n) is 6.12. The van der Waals surface area contributed by atoms with Gasteiger partial charge in [0.25, 0.3) is 0 Å². The van der Waals surface area contributed by atoms with Crippen LogP contribution in [0, 0.1) is 0 Å². The van der Waals surface area contributed by atoms with Gasteiger partial charge in [0.15, 0.2) is 0 Å². The molecule has 2 atom stereocenters. The number of piperidine rings is 1. The topological polar surface area (TPSA) is 86.5 Å². The average molecular weight is 399 g/mol. The largest absolute Gasteiger partial charge is 0.450 e. The quantitative estimate of drug-likeness (QED) is 0.698. The number of hydrogen-bond donors (Lipinski definition) is 3. The van der Waals surface area contributed by atoms with Crippen molar-refractivity contribution in [2.75, 3.05) is 19.7 Å². The van der Waals surface area contributed by atoms with Crippen LogP contribution in [0.3, 0.4) is 0 Å². The summed E-state index contributed by atoms with van der Waals surface area (Å²) in [4.78, 5) is 29.4. The van der Waals surface area contributed by atoms with Gasteiger partial charge < -0.3 is 25.3 Å². The molecule has 1 aromatic carbocycles. The fourth-order valence-electron chi connectivity index (χ4n) is 4.33. The Morgan fingerprint density at radius 1 is 1.14 bits per heavy atom. The maximum absolute atomic E-state index is 12.6. The minimum atomic E-state index is -0.211. The van der Waals surface area contributed by atoms with Gasteiger partial charge in [0.1, 0.15) is 0 Å². The number of carbonyl (C=O) groups is 2. The number of hydrogen-bond acceptors (Lipinski definition) is 4. The number of nitrogens with one attached hydrogen (secondary N) is 3. The molecule has 1 saturated heterocycles. The highest BCUT2D eigenvalue weighted by molar-refractivity contribution is 5.89. The van der Waals surface area contributed by atoms with Crippen LogP contribution in [0.15, 0.2) is 30.5 Å². The van der Waals surface area contributed by atoms with Gasteiger partial charge >= 0.3 is 6.09 Å². The van der Waals surface area contributed by atoms with Gasteiger partial charge in [-0.25, -0.2) is 4.79 Å². The summed E-state index contributed by atoms with van der Waals surface area (Å²) in [5, 5.41) is 8.00. The number of carbonyl (C=O) groups excluding carboxylic acids is 2. The van der Waals surface area contributed by atoms with E-state index < -0.39 is 0 Å². The second-order valence-electron chi connectivity index (χ2n) is 8.02. The second kappa shape index (κ2) is 8.86. The number of amides is 2. The molecule has 1 aromatic heterocycles. The minimum absolute atomic E-state index is 0.0726. The molecule has 0 radical (unpaired) electrons. The van der Waals surface area contributed by atoms with Crippen molar-refractivity contribution in [1.82, 2.24) is 20.5 Å². The molecule has 29 heavy (non-hydrogen) atoms. The van der Waals surface area contributed by atoms with Crippen LogP contribution >= 0.6 is 0 Å². The molecular formula is C22H30N4O3. The first-order valence-electron chi connectivity index (χ1n) is 10.7. The number of aromatic nitrogens is 1. The van der Waals surface area contributed by atoms with Gasteiger partial charge in [-0.3, -0.25) is 4.79 Å². The van der Waals surface area contributed by atoms with Crippen LogP contribution in [0.25, 0.3) is 10.9 Å². The Hall–Kier alpha value is -2.54. The van der Waals surface area contributed by atoms with Crippen LogP contribution < -0.4 is 10.6 Å². The summed E-state index contributed by atoms with van der Waals surface area (Å²) in [6, 6.07) is 8.96. The minimum Gasteiger partial charge on any atom is -0.450 e. The van der Waals surface area contributed by atoms with E-state index in [1.807, 2.05) is 37.4 Å². The van der Waals surface area contributed by atoms with Gasteiger partial charge in [-0.15, -0.1) is 0 Å². The lowest BCUT2D eigenvalue weighted by atomic mass is 9.84. The van der Waals surface area contributed by atoms with Crippen molar-refractivity contribution in [3.63, 3.8) is 0 Å². The zero-order valence-electron chi connectivity index (χ0n) is 16.9. The molecule has 7 nitrogen and oxygen atoms in total. The predicted octanol–water partition coefficient (Wildman–Crippen LogP) is 2.57. The van der Waals surface area contributed by atoms with Gasteiger partial charge in [0, 0.05) is 48.3 Å². The molecule has 2 heterocycles. The first-order valence-corrected chi connectivity index (χ1v) is 10.7. The number of H-pyrrole nitrogens is 1. The third kappa shape index (κ3) is 4.56. The second-order valence-corrected chi connectivity index (χ2v) is 8.02. The van der Waals surface area contributed by atoms with Crippen molar-refractivity contribution in [3.8, 4) is 0 Å². The molecule has 0 bridgehead atoms. The van der Waals surface area contributed by atoms with Gasteiger partial charge in [0.05, 0.1) is 13.0 Å². The van der Waals surface area contributed by atoms with E-state index in [2.05, 4.69) is 15.6 Å². The number of nitrogens with zero attached hydrogens (tertiary/aromatic N) is 1. The van der Waals surface area contributed by atoms with Crippen molar-refractivity contribution >= 4 is 22.9 Å². The van der Waals surface area contributed by atoms with E-state index in [1.165, 1.54) is 0 Å². The van der Waals surface area contributed by atoms with Gasteiger partial charge in [-0.2, -0.15) is 0 Å². The number of benzene rings is 1. The molecule has 4 rings (SSSR count). The summed E-state index contributed by atoms with van der Waals surface area (Å²) in [6.07, 6.45) is 6.05. The predicted molar refractivity (Wildman–Crippen MR) is 112 cm³/mol. The van der Waals surface area contributed by atoms with Crippen LogP contribution in [-0.4, -0.2) is 59.7 Å². The number of likely N-dealkylation sites (tertiary alicyclic amines) is 1. The van der Waals surface area contributed by atoms with Crippen molar-refractivity contribution in [2.45, 2.75) is 57.2 Å². The van der Waals surface area contributed by atoms with E-state index in [9.17, 15) is 9.59 Å². The number of para-hydroxylation sites is 1. The highest BCUT2D eigenvalue weighted by Crippen LogP contribution is 2.24. The first kappa shape index (κ1) is 19.8. The van der Waals surface area contributed by atoms with Crippen molar-refractivity contribution in [3.05, 3.63) is 36.0 Å². The SMILES string of the molecule is CCOC(=O)N1CCC(N[C@@H]2CC[C@@H]2NC(=O)Cc2c[nH]c3ccccc23)CC1. The summed E-state index contributed by atoms with van der Waals surface area (Å²) in [7, 11) is 0. The van der Waals surface area contributed by atoms with E-state index in [0.717, 1.165) is 55.2 Å². The monoisotopic (exact) mass is 398 g/mol. The molecule has 1 saturated carbocycles. The molecule has 2 aliphatic rings. The Bertz CT molecular complexity index is 857. The standard InChI is InChI=1S/C22H30N4O3/c1-2-29-22(28)26-11-9-16(10-12-26)24-19-7-8-20(19)25-21(27)13-15-14-23-18-6-4-3-5-17(15)18/h3-6,14,16,19-20,23-24H,2,7-13H2,1H3,(H,25,27)/t19-,20+/m1/s1. The summed E-state index contributed by atoms with van der Waals surface area (Å²) in [5.74, 6) is 0.0726. The molecule has 1 aliphatic heterocycles. The average Bonchev–Trinajstić information content (AvgIpc) is 3.13. The lowest BCUT2D eigenvalue weighted by molar-refractivity contribution is -0.122. The van der Waals surface area contributed by atoms with Gasteiger partial charge in [-0.1, -0.05) is 18.2 Å². The molecule has 2 amide bonds. The zero-order valence-corrected chi connectivity index (χ0v) is 16.9. The summed E-state index contributed by atoms with van der Waals surface area (Å²) >= 11 is 0. The maximum Gasteiger partial charge on any atom is 0.409 e. The van der Waals surface area contributed by atoms with Crippen LogP contribution in [0.2, 0.25) is 0 Å². The van der Waals surface area contributed by atoms with Crippen LogP contribution in [0.1, 0.15) is 38.2 Å². The van der Waals surface area contributed by atoms with E-state index >= 15 is 0 Å². The normalized spacial score (nSPS) is 22.3. The van der Waals surface area contributed by atoms with Crippen molar-refractivity contribution in [1.29, 1.82) is 0 Å². The first-order chi connectivity index (χ1) is 14.1. The van der Waals surface area contributed by atoms with E-state index in [4.69, 9.17) is 4.74 Å². The van der Waals surface area contributed by atoms with E-state index in [-0.39, 0.29) is 18.0 Å². The molecule has 3 N–H and O–H groups in total. The molecular weight excluding hydrogens is 368 g/mol. The molecule has 156 valence electrons. The molecule has 1 aliphatic carbocycles. The Kier molecular flexibility index (Phi) is 6.04. The van der Waals surface area contributed by atoms with Crippen molar-refractivity contribution < 1.29 is 14.3 Å².